The van der Waals surface area contributed by atoms with Gasteiger partial charge in [0.2, 0.25) is 0 Å². The Morgan fingerprint density at radius 1 is 1.14 bits per heavy atom. The van der Waals surface area contributed by atoms with Gasteiger partial charge in [0.25, 0.3) is 0 Å². The van der Waals surface area contributed by atoms with E-state index in [1.54, 1.807) is 12.1 Å². The van der Waals surface area contributed by atoms with E-state index in [-0.39, 0.29) is 5.82 Å². The van der Waals surface area contributed by atoms with E-state index in [4.69, 9.17) is 0 Å². The van der Waals surface area contributed by atoms with Crippen molar-refractivity contribution in [2.45, 2.75) is 6.54 Å². The van der Waals surface area contributed by atoms with Gasteiger partial charge in [-0.05, 0) is 18.2 Å². The smallest absolute Gasteiger partial charge is 0.128 e. The van der Waals surface area contributed by atoms with Crippen LogP contribution in [0, 0.1) is 5.82 Å². The maximum absolute atomic E-state index is 13.2. The summed E-state index contributed by atoms with van der Waals surface area (Å²) in [4.78, 5) is 2.99. The molecule has 0 aliphatic rings. The zero-order chi connectivity index (χ0) is 9.80. The molecule has 3 heteroatoms. The van der Waals surface area contributed by atoms with Crippen molar-refractivity contribution in [2.24, 2.45) is 0 Å². The summed E-state index contributed by atoms with van der Waals surface area (Å²) in [6.07, 6.45) is 1.82. The first-order valence-electron chi connectivity index (χ1n) is 4.47. The fraction of sp³-hybridized carbons (Fsp3) is 0.0909. The molecule has 14 heavy (non-hydrogen) atoms. The van der Waals surface area contributed by atoms with E-state index in [0.717, 1.165) is 5.82 Å². The molecule has 0 bridgehead atoms. The molecule has 0 aliphatic carbocycles. The summed E-state index contributed by atoms with van der Waals surface area (Å²) in [7, 11) is 0. The second-order valence-corrected chi connectivity index (χ2v) is 3.03. The van der Waals surface area contributed by atoms with Gasteiger partial charge in [0.1, 0.15) is 11.6 Å². The maximum atomic E-state index is 13.2. The molecule has 2 aromatic rings. The Morgan fingerprint density at radius 2 is 2.00 bits per heavy atom. The summed E-state index contributed by atoms with van der Waals surface area (Å²) < 4.78 is 13.2. The first-order chi connectivity index (χ1) is 6.86. The molecular formula is C11H11FN2. The highest BCUT2D eigenvalue weighted by Crippen LogP contribution is 2.09. The van der Waals surface area contributed by atoms with Gasteiger partial charge in [-0.15, -0.1) is 0 Å². The molecule has 0 saturated carbocycles. The number of rotatable bonds is 3. The molecular weight excluding hydrogens is 179 g/mol. The van der Waals surface area contributed by atoms with Gasteiger partial charge in [0.05, 0.1) is 0 Å². The van der Waals surface area contributed by atoms with Crippen LogP contribution in [-0.2, 0) is 6.54 Å². The number of halogens is 1. The van der Waals surface area contributed by atoms with Crippen molar-refractivity contribution in [3.63, 3.8) is 0 Å². The zero-order valence-electron chi connectivity index (χ0n) is 7.63. The Hall–Kier alpha value is -1.77. The lowest BCUT2D eigenvalue weighted by molar-refractivity contribution is 0.613. The van der Waals surface area contributed by atoms with Crippen molar-refractivity contribution < 1.29 is 4.39 Å². The van der Waals surface area contributed by atoms with Crippen LogP contribution in [0.15, 0.2) is 42.6 Å². The Labute approximate surface area is 81.8 Å². The Morgan fingerprint density at radius 3 is 2.71 bits per heavy atom. The Balaban J connectivity index is 2.02. The van der Waals surface area contributed by atoms with Crippen LogP contribution in [-0.4, -0.2) is 4.98 Å². The minimum Gasteiger partial charge on any atom is -0.367 e. The molecule has 0 radical (unpaired) electrons. The monoisotopic (exact) mass is 190 g/mol. The number of aromatic amines is 1. The molecule has 1 aromatic carbocycles. The normalized spacial score (nSPS) is 10.1. The number of benzene rings is 1. The van der Waals surface area contributed by atoms with E-state index >= 15 is 0 Å². The van der Waals surface area contributed by atoms with Crippen LogP contribution in [0.4, 0.5) is 10.2 Å². The van der Waals surface area contributed by atoms with Gasteiger partial charge in [0.15, 0.2) is 0 Å². The summed E-state index contributed by atoms with van der Waals surface area (Å²) in [5.41, 5.74) is 0.669. The summed E-state index contributed by atoms with van der Waals surface area (Å²) in [5.74, 6) is 0.722. The van der Waals surface area contributed by atoms with Crippen molar-refractivity contribution in [3.05, 3.63) is 54.0 Å². The lowest BCUT2D eigenvalue weighted by Gasteiger charge is -2.04. The summed E-state index contributed by atoms with van der Waals surface area (Å²) in [6, 6.07) is 10.5. The van der Waals surface area contributed by atoms with Gasteiger partial charge in [0, 0.05) is 18.3 Å². The number of H-pyrrole nitrogens is 1. The van der Waals surface area contributed by atoms with Crippen molar-refractivity contribution in [1.82, 2.24) is 4.98 Å². The molecule has 2 N–H and O–H groups in total. The maximum Gasteiger partial charge on any atom is 0.128 e. The number of nitrogens with one attached hydrogen (secondary N) is 2. The fourth-order valence-electron chi connectivity index (χ4n) is 1.27. The van der Waals surface area contributed by atoms with E-state index < -0.39 is 0 Å². The molecule has 0 unspecified atom stereocenters. The van der Waals surface area contributed by atoms with Crippen molar-refractivity contribution >= 4 is 5.82 Å². The molecule has 1 heterocycles. The van der Waals surface area contributed by atoms with Crippen LogP contribution >= 0.6 is 0 Å². The topological polar surface area (TPSA) is 27.8 Å². The third-order valence-corrected chi connectivity index (χ3v) is 2.03. The van der Waals surface area contributed by atoms with Gasteiger partial charge in [-0.3, -0.25) is 0 Å². The van der Waals surface area contributed by atoms with Crippen LogP contribution in [0.1, 0.15) is 5.56 Å². The van der Waals surface area contributed by atoms with Crippen LogP contribution in [0.5, 0.6) is 0 Å². The largest absolute Gasteiger partial charge is 0.367 e. The highest BCUT2D eigenvalue weighted by Gasteiger charge is 1.99. The molecule has 0 saturated heterocycles. The second kappa shape index (κ2) is 3.96. The molecule has 1 aromatic heterocycles. The lowest BCUT2D eigenvalue weighted by Crippen LogP contribution is -2.01. The quantitative estimate of drug-likeness (QED) is 0.765. The van der Waals surface area contributed by atoms with Gasteiger partial charge < -0.3 is 10.3 Å². The minimum atomic E-state index is -0.174. The molecule has 2 nitrogen and oxygen atoms in total. The Kier molecular flexibility index (Phi) is 2.49. The van der Waals surface area contributed by atoms with Crippen LogP contribution < -0.4 is 5.32 Å². The standard InChI is InChI=1S/C11H11FN2/c12-10-5-2-1-4-9(10)8-14-11-6-3-7-13-11/h1-7,13-14H,8H2. The predicted molar refractivity (Wildman–Crippen MR) is 54.5 cm³/mol. The van der Waals surface area contributed by atoms with E-state index in [1.807, 2.05) is 24.4 Å². The molecule has 0 fully saturated rings. The van der Waals surface area contributed by atoms with Gasteiger partial charge >= 0.3 is 0 Å². The fourth-order valence-corrected chi connectivity index (χ4v) is 1.27. The SMILES string of the molecule is Fc1ccccc1CNc1ccc[nH]1. The summed E-state index contributed by atoms with van der Waals surface area (Å²) >= 11 is 0. The van der Waals surface area contributed by atoms with Crippen LogP contribution in [0.2, 0.25) is 0 Å². The molecule has 2 rings (SSSR count). The van der Waals surface area contributed by atoms with E-state index in [9.17, 15) is 4.39 Å². The Bertz CT molecular complexity index is 395. The number of aromatic nitrogens is 1. The number of hydrogen-bond donors (Lipinski definition) is 2. The average molecular weight is 190 g/mol. The summed E-state index contributed by atoms with van der Waals surface area (Å²) in [6.45, 7) is 0.493. The van der Waals surface area contributed by atoms with Crippen molar-refractivity contribution in [2.75, 3.05) is 5.32 Å². The lowest BCUT2D eigenvalue weighted by atomic mass is 10.2. The molecule has 0 spiro atoms. The second-order valence-electron chi connectivity index (χ2n) is 3.03. The van der Waals surface area contributed by atoms with Gasteiger partial charge in [-0.25, -0.2) is 4.39 Å². The third-order valence-electron chi connectivity index (χ3n) is 2.03. The van der Waals surface area contributed by atoms with Crippen LogP contribution in [0.25, 0.3) is 0 Å². The zero-order valence-corrected chi connectivity index (χ0v) is 7.63. The van der Waals surface area contributed by atoms with E-state index in [1.165, 1.54) is 6.07 Å². The number of anilines is 1. The van der Waals surface area contributed by atoms with Crippen molar-refractivity contribution in [1.29, 1.82) is 0 Å². The average Bonchev–Trinajstić information content (AvgIpc) is 2.69. The highest BCUT2D eigenvalue weighted by atomic mass is 19.1. The number of hydrogen-bond acceptors (Lipinski definition) is 1. The van der Waals surface area contributed by atoms with E-state index in [2.05, 4.69) is 10.3 Å². The van der Waals surface area contributed by atoms with Crippen molar-refractivity contribution in [3.8, 4) is 0 Å². The van der Waals surface area contributed by atoms with E-state index in [0.29, 0.717) is 12.1 Å². The molecule has 0 amide bonds. The third kappa shape index (κ3) is 1.93. The summed E-state index contributed by atoms with van der Waals surface area (Å²) in [5, 5.41) is 3.09. The molecule has 0 atom stereocenters. The first kappa shape index (κ1) is 8.81. The highest BCUT2D eigenvalue weighted by molar-refractivity contribution is 5.35. The molecule has 72 valence electrons. The van der Waals surface area contributed by atoms with Gasteiger partial charge in [-0.1, -0.05) is 18.2 Å². The molecule has 0 aliphatic heterocycles. The minimum absolute atomic E-state index is 0.174. The first-order valence-corrected chi connectivity index (χ1v) is 4.47. The van der Waals surface area contributed by atoms with Crippen LogP contribution in [0.3, 0.4) is 0 Å². The van der Waals surface area contributed by atoms with Gasteiger partial charge in [-0.2, -0.15) is 0 Å². The predicted octanol–water partition coefficient (Wildman–Crippen LogP) is 2.77.